The predicted molar refractivity (Wildman–Crippen MR) is 103 cm³/mol. The van der Waals surface area contributed by atoms with Crippen LogP contribution in [0, 0.1) is 0 Å². The molecule has 0 bridgehead atoms. The average molecular weight is 377 g/mol. The normalized spacial score (nSPS) is 11.0. The van der Waals surface area contributed by atoms with Crippen molar-refractivity contribution in [2.45, 2.75) is 19.5 Å². The molecular formula is C19H19N7O2. The first-order valence-corrected chi connectivity index (χ1v) is 8.77. The second-order valence-electron chi connectivity index (χ2n) is 6.41. The molecule has 2 aromatic carbocycles. The molecule has 0 saturated heterocycles. The van der Waals surface area contributed by atoms with Crippen LogP contribution >= 0.6 is 0 Å². The molecule has 0 atom stereocenters. The van der Waals surface area contributed by atoms with E-state index in [4.69, 9.17) is 5.84 Å². The number of nitrogen functional groups attached to an aromatic ring is 1. The lowest BCUT2D eigenvalue weighted by Gasteiger charge is -2.05. The van der Waals surface area contributed by atoms with Crippen molar-refractivity contribution in [2.75, 3.05) is 5.84 Å². The van der Waals surface area contributed by atoms with Crippen molar-refractivity contribution in [3.63, 3.8) is 0 Å². The molecular weight excluding hydrogens is 358 g/mol. The SMILES string of the molecule is Nn1c(Cc2ccccc2)nn(Cc2n[nH]c(=O)n2Cc2ccccc2)c1=O. The van der Waals surface area contributed by atoms with Crippen LogP contribution in [0.2, 0.25) is 0 Å². The largest absolute Gasteiger partial charge is 0.365 e. The van der Waals surface area contributed by atoms with Crippen molar-refractivity contribution in [2.24, 2.45) is 0 Å². The van der Waals surface area contributed by atoms with E-state index in [1.807, 2.05) is 60.7 Å². The third-order valence-electron chi connectivity index (χ3n) is 4.46. The molecule has 0 saturated carbocycles. The molecule has 2 aromatic heterocycles. The first kappa shape index (κ1) is 17.5. The highest BCUT2D eigenvalue weighted by Crippen LogP contribution is 2.06. The topological polar surface area (TPSA) is 117 Å². The smallest absolute Gasteiger partial charge is 0.333 e. The molecule has 9 heteroatoms. The Kier molecular flexibility index (Phi) is 4.63. The van der Waals surface area contributed by atoms with Crippen LogP contribution in [0.5, 0.6) is 0 Å². The first-order chi connectivity index (χ1) is 13.6. The zero-order valence-corrected chi connectivity index (χ0v) is 15.0. The summed E-state index contributed by atoms with van der Waals surface area (Å²) in [6, 6.07) is 19.2. The minimum absolute atomic E-state index is 0.0381. The van der Waals surface area contributed by atoms with Gasteiger partial charge in [0, 0.05) is 6.42 Å². The van der Waals surface area contributed by atoms with Gasteiger partial charge in [-0.15, -0.1) is 0 Å². The van der Waals surface area contributed by atoms with Gasteiger partial charge in [-0.05, 0) is 11.1 Å². The minimum atomic E-state index is -0.465. The molecule has 0 aliphatic heterocycles. The van der Waals surface area contributed by atoms with E-state index in [1.54, 1.807) is 0 Å². The lowest BCUT2D eigenvalue weighted by atomic mass is 10.1. The molecule has 0 amide bonds. The van der Waals surface area contributed by atoms with Gasteiger partial charge < -0.3 is 5.84 Å². The van der Waals surface area contributed by atoms with Gasteiger partial charge in [-0.2, -0.15) is 14.9 Å². The van der Waals surface area contributed by atoms with E-state index in [0.717, 1.165) is 15.8 Å². The summed E-state index contributed by atoms with van der Waals surface area (Å²) >= 11 is 0. The number of nitrogens with zero attached hydrogens (tertiary/aromatic N) is 5. The molecule has 0 aliphatic carbocycles. The maximum absolute atomic E-state index is 12.5. The Balaban J connectivity index is 1.61. The van der Waals surface area contributed by atoms with E-state index in [0.29, 0.717) is 24.6 Å². The molecule has 0 fully saturated rings. The van der Waals surface area contributed by atoms with Crippen molar-refractivity contribution >= 4 is 0 Å². The summed E-state index contributed by atoms with van der Waals surface area (Å²) < 4.78 is 3.73. The number of rotatable bonds is 6. The molecule has 0 unspecified atom stereocenters. The number of nitrogens with one attached hydrogen (secondary N) is 1. The van der Waals surface area contributed by atoms with Crippen LogP contribution in [0.25, 0.3) is 0 Å². The van der Waals surface area contributed by atoms with Crippen molar-refractivity contribution in [1.29, 1.82) is 0 Å². The Morgan fingerprint density at radius 3 is 2.18 bits per heavy atom. The van der Waals surface area contributed by atoms with Crippen LogP contribution < -0.4 is 17.2 Å². The molecule has 0 radical (unpaired) electrons. The van der Waals surface area contributed by atoms with Crippen LogP contribution in [0.15, 0.2) is 70.3 Å². The Hall–Kier alpha value is -3.88. The summed E-state index contributed by atoms with van der Waals surface area (Å²) in [7, 11) is 0. The highest BCUT2D eigenvalue weighted by Gasteiger charge is 2.16. The van der Waals surface area contributed by atoms with Crippen LogP contribution in [-0.2, 0) is 19.5 Å². The summed E-state index contributed by atoms with van der Waals surface area (Å²) in [4.78, 5) is 24.6. The Morgan fingerprint density at radius 2 is 1.50 bits per heavy atom. The maximum atomic E-state index is 12.5. The molecule has 4 aromatic rings. The van der Waals surface area contributed by atoms with Gasteiger partial charge in [0.05, 0.1) is 6.54 Å². The molecule has 4 rings (SSSR count). The molecule has 142 valence electrons. The summed E-state index contributed by atoms with van der Waals surface area (Å²) in [5.74, 6) is 6.73. The fraction of sp³-hybridized carbons (Fsp3) is 0.158. The first-order valence-electron chi connectivity index (χ1n) is 8.77. The van der Waals surface area contributed by atoms with E-state index in [1.165, 1.54) is 9.25 Å². The zero-order valence-electron chi connectivity index (χ0n) is 15.0. The summed E-state index contributed by atoms with van der Waals surface area (Å²) in [6.45, 7) is 0.386. The second-order valence-corrected chi connectivity index (χ2v) is 6.41. The molecule has 0 spiro atoms. The Morgan fingerprint density at radius 1 is 0.857 bits per heavy atom. The highest BCUT2D eigenvalue weighted by molar-refractivity contribution is 5.19. The highest BCUT2D eigenvalue weighted by atomic mass is 16.2. The number of aromatic amines is 1. The fourth-order valence-corrected chi connectivity index (χ4v) is 3.00. The number of hydrogen-bond donors (Lipinski definition) is 2. The van der Waals surface area contributed by atoms with Crippen molar-refractivity contribution < 1.29 is 0 Å². The number of H-pyrrole nitrogens is 1. The fourth-order valence-electron chi connectivity index (χ4n) is 3.00. The number of benzene rings is 2. The number of nitrogens with two attached hydrogens (primary N) is 1. The van der Waals surface area contributed by atoms with Gasteiger partial charge in [0.1, 0.15) is 6.54 Å². The monoisotopic (exact) mass is 377 g/mol. The molecule has 28 heavy (non-hydrogen) atoms. The third kappa shape index (κ3) is 3.50. The number of hydrogen-bond acceptors (Lipinski definition) is 5. The quantitative estimate of drug-likeness (QED) is 0.470. The van der Waals surface area contributed by atoms with Crippen LogP contribution in [0.4, 0.5) is 0 Å². The third-order valence-corrected chi connectivity index (χ3v) is 4.46. The van der Waals surface area contributed by atoms with Gasteiger partial charge in [-0.1, -0.05) is 60.7 Å². The van der Waals surface area contributed by atoms with E-state index in [9.17, 15) is 9.59 Å². The predicted octanol–water partition coefficient (Wildman–Crippen LogP) is 0.331. The molecule has 3 N–H and O–H groups in total. The van der Waals surface area contributed by atoms with Crippen LogP contribution in [0.3, 0.4) is 0 Å². The van der Waals surface area contributed by atoms with Crippen molar-refractivity contribution in [3.05, 3.63) is 104 Å². The van der Waals surface area contributed by atoms with Crippen molar-refractivity contribution in [3.8, 4) is 0 Å². The summed E-state index contributed by atoms with van der Waals surface area (Å²) in [6.07, 6.45) is 0.428. The second kappa shape index (κ2) is 7.39. The molecule has 9 nitrogen and oxygen atoms in total. The van der Waals surface area contributed by atoms with E-state index >= 15 is 0 Å². The summed E-state index contributed by atoms with van der Waals surface area (Å²) in [5.41, 5.74) is 1.14. The van der Waals surface area contributed by atoms with Gasteiger partial charge in [-0.3, -0.25) is 4.57 Å². The van der Waals surface area contributed by atoms with E-state index in [2.05, 4.69) is 15.3 Å². The molecule has 2 heterocycles. The molecule has 0 aliphatic rings. The van der Waals surface area contributed by atoms with Gasteiger partial charge in [0.15, 0.2) is 11.6 Å². The zero-order chi connectivity index (χ0) is 19.5. The Bertz CT molecular complexity index is 1190. The maximum Gasteiger partial charge on any atom is 0.365 e. The average Bonchev–Trinajstić information content (AvgIpc) is 3.19. The van der Waals surface area contributed by atoms with Crippen molar-refractivity contribution in [1.82, 2.24) is 29.2 Å². The Labute approximate surface area is 159 Å². The van der Waals surface area contributed by atoms with E-state index in [-0.39, 0.29) is 12.2 Å². The lowest BCUT2D eigenvalue weighted by Crippen LogP contribution is -2.32. The minimum Gasteiger partial charge on any atom is -0.333 e. The van der Waals surface area contributed by atoms with Crippen LogP contribution in [0.1, 0.15) is 22.8 Å². The van der Waals surface area contributed by atoms with Gasteiger partial charge in [-0.25, -0.2) is 19.4 Å². The summed E-state index contributed by atoms with van der Waals surface area (Å²) in [5, 5.41) is 10.8. The lowest BCUT2D eigenvalue weighted by molar-refractivity contribution is 0.586. The van der Waals surface area contributed by atoms with Gasteiger partial charge in [0.2, 0.25) is 0 Å². The van der Waals surface area contributed by atoms with Gasteiger partial charge in [0.25, 0.3) is 0 Å². The van der Waals surface area contributed by atoms with Crippen LogP contribution in [-0.4, -0.2) is 29.2 Å². The van der Waals surface area contributed by atoms with E-state index < -0.39 is 5.69 Å². The number of aromatic nitrogens is 6. The van der Waals surface area contributed by atoms with Gasteiger partial charge >= 0.3 is 11.4 Å². The standard InChI is InChI=1S/C19H19N7O2/c20-26-16(11-14-7-3-1-4-8-14)23-25(19(26)28)13-17-21-22-18(27)24(17)12-15-9-5-2-6-10-15/h1-10H,11-13,20H2,(H,22,27).